The fourth-order valence-corrected chi connectivity index (χ4v) is 4.23. The van der Waals surface area contributed by atoms with Crippen molar-refractivity contribution in [2.75, 3.05) is 0 Å². The second-order valence-corrected chi connectivity index (χ2v) is 12.7. The number of rotatable bonds is 3. The third-order valence-corrected chi connectivity index (χ3v) is 5.64. The van der Waals surface area contributed by atoms with Crippen molar-refractivity contribution < 1.29 is 23.9 Å². The lowest BCUT2D eigenvalue weighted by atomic mass is 9.96. The van der Waals surface area contributed by atoms with E-state index in [9.17, 15) is 14.4 Å². The van der Waals surface area contributed by atoms with Crippen molar-refractivity contribution in [3.05, 3.63) is 54.5 Å². The van der Waals surface area contributed by atoms with E-state index in [0.717, 1.165) is 4.68 Å². The van der Waals surface area contributed by atoms with Crippen LogP contribution in [-0.2, 0) is 9.47 Å². The molecular weight excluding hydrogens is 510 g/mol. The van der Waals surface area contributed by atoms with Crippen molar-refractivity contribution in [2.24, 2.45) is 0 Å². The quantitative estimate of drug-likeness (QED) is 0.298. The van der Waals surface area contributed by atoms with Crippen LogP contribution in [0.1, 0.15) is 72.7 Å². The van der Waals surface area contributed by atoms with Gasteiger partial charge in [-0.15, -0.1) is 0 Å². The summed E-state index contributed by atoms with van der Waals surface area (Å²) in [6.45, 7) is 16.5. The average Bonchev–Trinajstić information content (AvgIpc) is 3.53. The third kappa shape index (κ3) is 6.27. The predicted octanol–water partition coefficient (Wildman–Crippen LogP) is 6.59. The summed E-state index contributed by atoms with van der Waals surface area (Å²) < 4.78 is 13.5. The molecule has 0 saturated carbocycles. The van der Waals surface area contributed by atoms with Crippen LogP contribution in [0, 0.1) is 0 Å². The summed E-state index contributed by atoms with van der Waals surface area (Å²) in [5, 5.41) is 8.07. The van der Waals surface area contributed by atoms with E-state index in [1.807, 2.05) is 26.8 Å². The molecule has 10 nitrogen and oxygen atoms in total. The smallest absolute Gasteiger partial charge is 0.435 e. The maximum absolute atomic E-state index is 13.7. The summed E-state index contributed by atoms with van der Waals surface area (Å²) in [4.78, 5) is 42.4. The Labute approximate surface area is 233 Å². The molecule has 1 aromatic carbocycles. The number of ether oxygens (including phenoxy) is 2. The molecule has 2 N–H and O–H groups in total. The fourth-order valence-electron chi connectivity index (χ4n) is 4.23. The number of amides is 1. The minimum absolute atomic E-state index is 0.296. The average molecular weight is 548 g/mol. The van der Waals surface area contributed by atoms with Gasteiger partial charge < -0.3 is 19.8 Å². The highest BCUT2D eigenvalue weighted by Gasteiger charge is 2.27. The number of fused-ring (bicyclic) bond motifs is 1. The lowest BCUT2D eigenvalue weighted by molar-refractivity contribution is 0.0511. The van der Waals surface area contributed by atoms with Crippen LogP contribution in [0.25, 0.3) is 33.4 Å². The summed E-state index contributed by atoms with van der Waals surface area (Å²) in [5.41, 5.74) is 1.56. The number of aromatic amines is 1. The molecule has 1 amide bonds. The van der Waals surface area contributed by atoms with Crippen LogP contribution >= 0.6 is 0 Å². The van der Waals surface area contributed by atoms with Gasteiger partial charge in [0.25, 0.3) is 5.91 Å². The van der Waals surface area contributed by atoms with E-state index in [1.54, 1.807) is 78.2 Å². The van der Waals surface area contributed by atoms with E-state index in [0.29, 0.717) is 39.0 Å². The van der Waals surface area contributed by atoms with E-state index >= 15 is 0 Å². The highest BCUT2D eigenvalue weighted by Crippen LogP contribution is 2.36. The molecule has 0 bridgehead atoms. The van der Waals surface area contributed by atoms with Crippen molar-refractivity contribution in [2.45, 2.75) is 79.1 Å². The van der Waals surface area contributed by atoms with Crippen molar-refractivity contribution in [1.82, 2.24) is 24.6 Å². The molecule has 40 heavy (non-hydrogen) atoms. The van der Waals surface area contributed by atoms with Gasteiger partial charge in [0.1, 0.15) is 11.2 Å². The number of H-pyrrole nitrogens is 1. The first-order valence-electron chi connectivity index (χ1n) is 13.1. The zero-order chi connectivity index (χ0) is 29.6. The van der Waals surface area contributed by atoms with Crippen LogP contribution in [0.4, 0.5) is 9.59 Å². The molecule has 0 unspecified atom stereocenters. The minimum atomic E-state index is -0.679. The highest BCUT2D eigenvalue weighted by molar-refractivity contribution is 6.13. The lowest BCUT2D eigenvalue weighted by Gasteiger charge is -2.22. The predicted molar refractivity (Wildman–Crippen MR) is 153 cm³/mol. The normalized spacial score (nSPS) is 12.4. The van der Waals surface area contributed by atoms with E-state index < -0.39 is 28.9 Å². The molecule has 0 saturated heterocycles. The molecule has 4 aromatic rings. The molecule has 3 heterocycles. The van der Waals surface area contributed by atoms with Gasteiger partial charge in [-0.25, -0.2) is 9.59 Å². The van der Waals surface area contributed by atoms with Crippen molar-refractivity contribution in [1.29, 1.82) is 0 Å². The zero-order valence-corrected chi connectivity index (χ0v) is 24.5. The second kappa shape index (κ2) is 10.0. The molecule has 0 radical (unpaired) electrons. The molecular formula is C30H37N5O5. The first-order valence-corrected chi connectivity index (χ1v) is 13.1. The Hall–Kier alpha value is -4.34. The minimum Gasteiger partial charge on any atom is -0.443 e. The number of nitrogens with one attached hydrogen (secondary N) is 2. The Morgan fingerprint density at radius 2 is 1.45 bits per heavy atom. The summed E-state index contributed by atoms with van der Waals surface area (Å²) in [5.74, 6) is -0.296. The van der Waals surface area contributed by atoms with E-state index in [-0.39, 0.29) is 5.91 Å². The van der Waals surface area contributed by atoms with Gasteiger partial charge in [-0.1, -0.05) is 0 Å². The summed E-state index contributed by atoms with van der Waals surface area (Å²) in [6, 6.07) is 8.86. The maximum atomic E-state index is 13.7. The number of aromatic nitrogens is 4. The van der Waals surface area contributed by atoms with Gasteiger partial charge in [-0.3, -0.25) is 9.36 Å². The largest absolute Gasteiger partial charge is 0.443 e. The van der Waals surface area contributed by atoms with E-state index in [2.05, 4.69) is 15.4 Å². The zero-order valence-electron chi connectivity index (χ0n) is 24.5. The Morgan fingerprint density at radius 1 is 0.800 bits per heavy atom. The third-order valence-electron chi connectivity index (χ3n) is 5.64. The Kier molecular flexibility index (Phi) is 7.17. The van der Waals surface area contributed by atoms with Gasteiger partial charge in [0.2, 0.25) is 0 Å². The van der Waals surface area contributed by atoms with Gasteiger partial charge in [-0.05, 0) is 92.6 Å². The molecule has 212 valence electrons. The van der Waals surface area contributed by atoms with Gasteiger partial charge in [-0.2, -0.15) is 9.78 Å². The first-order chi connectivity index (χ1) is 18.4. The van der Waals surface area contributed by atoms with Crippen molar-refractivity contribution in [3.8, 4) is 22.5 Å². The number of hydrogen-bond acceptors (Lipinski definition) is 6. The molecule has 0 spiro atoms. The number of nitrogens with zero attached hydrogens (tertiary/aromatic N) is 3. The number of hydrogen-bond donors (Lipinski definition) is 2. The van der Waals surface area contributed by atoms with Crippen LogP contribution in [0.5, 0.6) is 0 Å². The Bertz CT molecular complexity index is 1580. The Morgan fingerprint density at radius 3 is 2.08 bits per heavy atom. The van der Waals surface area contributed by atoms with Gasteiger partial charge in [0.05, 0.1) is 22.5 Å². The van der Waals surface area contributed by atoms with Gasteiger partial charge >= 0.3 is 12.2 Å². The molecule has 4 rings (SSSR count). The SMILES string of the molecule is CC(C)(C)NC(=O)c1c(-c2[nH]ccc2-c2ccn(C(=O)OC(C)(C)C)n2)ccc2c1ccn2C(=O)OC(C)(C)C. The second-order valence-electron chi connectivity index (χ2n) is 12.7. The van der Waals surface area contributed by atoms with Crippen LogP contribution in [0.2, 0.25) is 0 Å². The van der Waals surface area contributed by atoms with Gasteiger partial charge in [0.15, 0.2) is 0 Å². The highest BCUT2D eigenvalue weighted by atomic mass is 16.6. The van der Waals surface area contributed by atoms with Crippen molar-refractivity contribution in [3.63, 3.8) is 0 Å². The standard InChI is InChI=1S/C30H37N5O5/c1-28(2,3)32-25(36)23-19-13-16-34(26(37)39-29(4,5)6)22(19)11-10-20(23)24-18(12-15-31-24)21-14-17-35(33-21)27(38)40-30(7,8)9/h10-17,31H,1-9H3,(H,32,36). The van der Waals surface area contributed by atoms with E-state index in [1.165, 1.54) is 10.8 Å². The molecule has 0 fully saturated rings. The summed E-state index contributed by atoms with van der Waals surface area (Å²) in [7, 11) is 0. The summed E-state index contributed by atoms with van der Waals surface area (Å²) in [6.07, 6.45) is 3.77. The molecule has 0 aliphatic carbocycles. The van der Waals surface area contributed by atoms with Crippen LogP contribution < -0.4 is 5.32 Å². The van der Waals surface area contributed by atoms with Crippen LogP contribution in [0.3, 0.4) is 0 Å². The molecule has 0 aliphatic rings. The van der Waals surface area contributed by atoms with E-state index in [4.69, 9.17) is 9.47 Å². The number of carbonyl (C=O) groups is 3. The van der Waals surface area contributed by atoms with Crippen LogP contribution in [0.15, 0.2) is 48.9 Å². The lowest BCUT2D eigenvalue weighted by Crippen LogP contribution is -2.40. The molecule has 10 heteroatoms. The Balaban J connectivity index is 1.84. The summed E-state index contributed by atoms with van der Waals surface area (Å²) >= 11 is 0. The molecule has 3 aromatic heterocycles. The first kappa shape index (κ1) is 28.7. The molecule has 0 aliphatic heterocycles. The number of benzene rings is 1. The monoisotopic (exact) mass is 547 g/mol. The molecule has 0 atom stereocenters. The number of carbonyl (C=O) groups excluding carboxylic acids is 3. The maximum Gasteiger partial charge on any atom is 0.435 e. The topological polar surface area (TPSA) is 120 Å². The van der Waals surface area contributed by atoms with Gasteiger partial charge in [0, 0.05) is 40.6 Å². The van der Waals surface area contributed by atoms with Crippen molar-refractivity contribution >= 4 is 29.0 Å². The fraction of sp³-hybridized carbons (Fsp3) is 0.400. The van der Waals surface area contributed by atoms with Crippen LogP contribution in [-0.4, -0.2) is 54.2 Å².